The highest BCUT2D eigenvalue weighted by Crippen LogP contribution is 2.37. The molecule has 0 saturated heterocycles. The maximum Gasteiger partial charge on any atom is 0.261 e. The van der Waals surface area contributed by atoms with Gasteiger partial charge in [-0.25, -0.2) is 8.42 Å². The van der Waals surface area contributed by atoms with Gasteiger partial charge in [0.15, 0.2) is 0 Å². The summed E-state index contributed by atoms with van der Waals surface area (Å²) in [5.41, 5.74) is 5.36. The molecule has 3 aromatic rings. The fourth-order valence-electron chi connectivity index (χ4n) is 3.04. The predicted molar refractivity (Wildman–Crippen MR) is 96.9 cm³/mol. The first kappa shape index (κ1) is 15.2. The van der Waals surface area contributed by atoms with Crippen LogP contribution in [0.1, 0.15) is 11.1 Å². The second kappa shape index (κ2) is 5.65. The topological polar surface area (TPSA) is 46.2 Å². The van der Waals surface area contributed by atoms with E-state index in [1.165, 1.54) is 28.8 Å². The van der Waals surface area contributed by atoms with E-state index in [4.69, 9.17) is 11.6 Å². The van der Waals surface area contributed by atoms with E-state index in [-0.39, 0.29) is 4.90 Å². The van der Waals surface area contributed by atoms with E-state index in [0.717, 1.165) is 12.0 Å². The number of sulfonamides is 1. The van der Waals surface area contributed by atoms with Gasteiger partial charge in [0.2, 0.25) is 0 Å². The Kier molecular flexibility index (Phi) is 3.59. The monoisotopic (exact) mass is 355 g/mol. The van der Waals surface area contributed by atoms with Gasteiger partial charge in [0.25, 0.3) is 10.0 Å². The molecule has 0 fully saturated rings. The molecule has 0 unspecified atom stereocenters. The van der Waals surface area contributed by atoms with Gasteiger partial charge in [0, 0.05) is 10.7 Å². The van der Waals surface area contributed by atoms with Gasteiger partial charge in [-0.1, -0.05) is 41.9 Å². The highest BCUT2D eigenvalue weighted by molar-refractivity contribution is 7.92. The van der Waals surface area contributed by atoms with Crippen molar-refractivity contribution in [2.45, 2.75) is 11.3 Å². The van der Waals surface area contributed by atoms with Crippen LogP contribution in [0, 0.1) is 0 Å². The minimum atomic E-state index is -3.62. The summed E-state index contributed by atoms with van der Waals surface area (Å²) < 4.78 is 27.6. The Balaban J connectivity index is 1.65. The molecule has 4 rings (SSSR count). The summed E-state index contributed by atoms with van der Waals surface area (Å²) in [6.45, 7) is 0. The van der Waals surface area contributed by atoms with Crippen molar-refractivity contribution < 1.29 is 8.42 Å². The highest BCUT2D eigenvalue weighted by atomic mass is 35.5. The first-order valence-corrected chi connectivity index (χ1v) is 9.39. The SMILES string of the molecule is O=S(=O)(Nc1ccc2c(c1)Cc1ccccc1-2)c1ccc(Cl)cc1. The van der Waals surface area contributed by atoms with Crippen LogP contribution in [0.4, 0.5) is 5.69 Å². The summed E-state index contributed by atoms with van der Waals surface area (Å²) in [6.07, 6.45) is 0.821. The summed E-state index contributed by atoms with van der Waals surface area (Å²) in [7, 11) is -3.62. The van der Waals surface area contributed by atoms with Crippen molar-refractivity contribution in [1.29, 1.82) is 0 Å². The standard InChI is InChI=1S/C19H14ClNO2S/c20-15-5-8-17(9-6-15)24(22,23)21-16-7-10-19-14(12-16)11-13-3-1-2-4-18(13)19/h1-10,12,21H,11H2. The molecular formula is C19H14ClNO2S. The van der Waals surface area contributed by atoms with Crippen LogP contribution >= 0.6 is 11.6 Å². The zero-order valence-electron chi connectivity index (χ0n) is 12.7. The Labute approximate surface area is 146 Å². The largest absolute Gasteiger partial charge is 0.280 e. The van der Waals surface area contributed by atoms with Gasteiger partial charge in [-0.15, -0.1) is 0 Å². The molecule has 0 saturated carbocycles. The predicted octanol–water partition coefficient (Wildman–Crippen LogP) is 4.71. The average Bonchev–Trinajstić information content (AvgIpc) is 2.92. The molecule has 0 spiro atoms. The van der Waals surface area contributed by atoms with Crippen LogP contribution in [0.2, 0.25) is 5.02 Å². The van der Waals surface area contributed by atoms with E-state index in [2.05, 4.69) is 16.9 Å². The third-order valence-corrected chi connectivity index (χ3v) is 5.82. The zero-order valence-corrected chi connectivity index (χ0v) is 14.2. The lowest BCUT2D eigenvalue weighted by atomic mass is 10.1. The van der Waals surface area contributed by atoms with Gasteiger partial charge in [0.1, 0.15) is 0 Å². The van der Waals surface area contributed by atoms with Gasteiger partial charge in [-0.05, 0) is 65.1 Å². The molecule has 0 atom stereocenters. The Hall–Kier alpha value is -2.30. The quantitative estimate of drug-likeness (QED) is 0.578. The van der Waals surface area contributed by atoms with Crippen LogP contribution in [0.15, 0.2) is 71.6 Å². The summed E-state index contributed by atoms with van der Waals surface area (Å²) in [6, 6.07) is 20.0. The Morgan fingerprint density at radius 3 is 2.33 bits per heavy atom. The van der Waals surface area contributed by atoms with Crippen molar-refractivity contribution in [3.63, 3.8) is 0 Å². The van der Waals surface area contributed by atoms with E-state index in [9.17, 15) is 8.42 Å². The van der Waals surface area contributed by atoms with E-state index >= 15 is 0 Å². The van der Waals surface area contributed by atoms with Gasteiger partial charge in [-0.3, -0.25) is 4.72 Å². The van der Waals surface area contributed by atoms with Gasteiger partial charge in [0.05, 0.1) is 4.90 Å². The molecule has 0 aromatic heterocycles. The second-order valence-electron chi connectivity index (χ2n) is 5.77. The van der Waals surface area contributed by atoms with E-state index in [1.54, 1.807) is 18.2 Å². The molecule has 0 aliphatic heterocycles. The fourth-order valence-corrected chi connectivity index (χ4v) is 4.21. The van der Waals surface area contributed by atoms with E-state index < -0.39 is 10.0 Å². The average molecular weight is 356 g/mol. The Morgan fingerprint density at radius 2 is 1.54 bits per heavy atom. The molecule has 1 aliphatic carbocycles. The molecule has 0 bridgehead atoms. The molecule has 1 N–H and O–H groups in total. The molecular weight excluding hydrogens is 342 g/mol. The van der Waals surface area contributed by atoms with E-state index in [0.29, 0.717) is 10.7 Å². The lowest BCUT2D eigenvalue weighted by Gasteiger charge is -2.10. The maximum absolute atomic E-state index is 12.5. The zero-order chi connectivity index (χ0) is 16.7. The molecule has 3 aromatic carbocycles. The van der Waals surface area contributed by atoms with Crippen molar-refractivity contribution in [1.82, 2.24) is 0 Å². The maximum atomic E-state index is 12.5. The van der Waals surface area contributed by atoms with E-state index in [1.807, 2.05) is 24.3 Å². The first-order valence-electron chi connectivity index (χ1n) is 7.52. The number of rotatable bonds is 3. The molecule has 0 heterocycles. The number of hydrogen-bond acceptors (Lipinski definition) is 2. The van der Waals surface area contributed by atoms with Crippen LogP contribution in [-0.4, -0.2) is 8.42 Å². The van der Waals surface area contributed by atoms with Crippen LogP contribution in [-0.2, 0) is 16.4 Å². The number of fused-ring (bicyclic) bond motifs is 3. The molecule has 120 valence electrons. The van der Waals surface area contributed by atoms with Crippen LogP contribution in [0.5, 0.6) is 0 Å². The second-order valence-corrected chi connectivity index (χ2v) is 7.88. The molecule has 0 amide bonds. The first-order chi connectivity index (χ1) is 11.5. The van der Waals surface area contributed by atoms with Crippen LogP contribution < -0.4 is 4.72 Å². The Bertz CT molecular complexity index is 1030. The van der Waals surface area contributed by atoms with Gasteiger partial charge < -0.3 is 0 Å². The van der Waals surface area contributed by atoms with Gasteiger partial charge in [-0.2, -0.15) is 0 Å². The summed E-state index contributed by atoms with van der Waals surface area (Å²) in [4.78, 5) is 0.190. The molecule has 5 heteroatoms. The summed E-state index contributed by atoms with van der Waals surface area (Å²) in [5, 5.41) is 0.504. The highest BCUT2D eigenvalue weighted by Gasteiger charge is 2.20. The van der Waals surface area contributed by atoms with Crippen molar-refractivity contribution in [2.75, 3.05) is 4.72 Å². The molecule has 24 heavy (non-hydrogen) atoms. The lowest BCUT2D eigenvalue weighted by Crippen LogP contribution is -2.12. The minimum Gasteiger partial charge on any atom is -0.280 e. The van der Waals surface area contributed by atoms with Crippen molar-refractivity contribution in [3.05, 3.63) is 82.9 Å². The normalized spacial score (nSPS) is 12.5. The minimum absolute atomic E-state index is 0.190. The summed E-state index contributed by atoms with van der Waals surface area (Å²) >= 11 is 5.81. The number of hydrogen-bond donors (Lipinski definition) is 1. The molecule has 0 radical (unpaired) electrons. The van der Waals surface area contributed by atoms with Crippen molar-refractivity contribution in [3.8, 4) is 11.1 Å². The molecule has 3 nitrogen and oxygen atoms in total. The molecule has 1 aliphatic rings. The van der Waals surface area contributed by atoms with Crippen molar-refractivity contribution >= 4 is 27.3 Å². The third-order valence-electron chi connectivity index (χ3n) is 4.17. The van der Waals surface area contributed by atoms with Gasteiger partial charge >= 0.3 is 0 Å². The number of halogens is 1. The smallest absolute Gasteiger partial charge is 0.261 e. The lowest BCUT2D eigenvalue weighted by molar-refractivity contribution is 0.601. The fraction of sp³-hybridized carbons (Fsp3) is 0.0526. The van der Waals surface area contributed by atoms with Crippen LogP contribution in [0.25, 0.3) is 11.1 Å². The summed E-state index contributed by atoms with van der Waals surface area (Å²) in [5.74, 6) is 0. The number of benzene rings is 3. The Morgan fingerprint density at radius 1 is 0.833 bits per heavy atom. The van der Waals surface area contributed by atoms with Crippen LogP contribution in [0.3, 0.4) is 0 Å². The number of anilines is 1. The third kappa shape index (κ3) is 2.68. The number of nitrogens with one attached hydrogen (secondary N) is 1. The van der Waals surface area contributed by atoms with Crippen molar-refractivity contribution in [2.24, 2.45) is 0 Å².